The number of hydrogen-bond acceptors (Lipinski definition) is 20. The van der Waals surface area contributed by atoms with E-state index in [0.29, 0.717) is 0 Å². The van der Waals surface area contributed by atoms with Gasteiger partial charge in [0.15, 0.2) is 30.7 Å². The minimum Gasteiger partial charge on any atom is -0.463 e. The number of carbonyl (C=O) groups excluding carboxylic acids is 7. The first-order valence-corrected chi connectivity index (χ1v) is 15.9. The first-order chi connectivity index (χ1) is 24.9. The maximum Gasteiger partial charge on any atom is 0.303 e. The minimum absolute atomic E-state index is 0.0236. The summed E-state index contributed by atoms with van der Waals surface area (Å²) in [6.45, 7) is 6.00. The summed E-state index contributed by atoms with van der Waals surface area (Å²) in [6.07, 6.45) is -16.4. The third-order valence-electron chi connectivity index (χ3n) is 7.19. The minimum atomic E-state index is -1.85. The molecule has 2 aliphatic rings. The lowest BCUT2D eigenvalue weighted by Gasteiger charge is -2.48. The normalized spacial score (nSPS) is 27.9. The van der Waals surface area contributed by atoms with E-state index in [2.05, 4.69) is 0 Å². The van der Waals surface area contributed by atoms with Gasteiger partial charge in [0.05, 0.1) is 4.92 Å². The van der Waals surface area contributed by atoms with E-state index in [4.69, 9.17) is 52.1 Å². The van der Waals surface area contributed by atoms with Crippen molar-refractivity contribution in [3.63, 3.8) is 0 Å². The number of hydrogen-bond donors (Lipinski definition) is 0. The van der Waals surface area contributed by atoms with E-state index in [-0.39, 0.29) is 11.4 Å². The molecule has 0 saturated carbocycles. The van der Waals surface area contributed by atoms with Gasteiger partial charge in [-0.2, -0.15) is 0 Å². The largest absolute Gasteiger partial charge is 0.463 e. The SMILES string of the molecule is CC(=O)OCC1O[C@@H](O[C@@H]2C(COC(C)=O)O[C@@H](Oc3ccc([N+](=O)[O-])cc3)C(OC(C)=O)C2OC(C)=O)C(OC(C)=O)C(OC(C)=O)[C@@H]1OC(C)=O. The first kappa shape index (κ1) is 42.0. The van der Waals surface area contributed by atoms with Crippen LogP contribution in [0.15, 0.2) is 24.3 Å². The summed E-state index contributed by atoms with van der Waals surface area (Å²) in [5.41, 5.74) is -0.276. The molecule has 292 valence electrons. The van der Waals surface area contributed by atoms with Crippen molar-refractivity contribution in [2.45, 2.75) is 110 Å². The van der Waals surface area contributed by atoms with E-state index in [1.54, 1.807) is 0 Å². The predicted octanol–water partition coefficient (Wildman–Crippen LogP) is 0.593. The molecule has 10 atom stereocenters. The fraction of sp³-hybridized carbons (Fsp3) is 0.594. The predicted molar refractivity (Wildman–Crippen MR) is 167 cm³/mol. The zero-order chi connectivity index (χ0) is 39.6. The topological polar surface area (TPSA) is 264 Å². The van der Waals surface area contributed by atoms with Gasteiger partial charge in [0, 0.05) is 60.6 Å². The molecule has 21 nitrogen and oxygen atoms in total. The number of esters is 7. The quantitative estimate of drug-likeness (QED) is 0.109. The molecule has 0 spiro atoms. The highest BCUT2D eigenvalue weighted by Crippen LogP contribution is 2.36. The number of non-ortho nitro benzene ring substituents is 1. The van der Waals surface area contributed by atoms with Gasteiger partial charge in [-0.3, -0.25) is 43.7 Å². The van der Waals surface area contributed by atoms with Gasteiger partial charge in [-0.25, -0.2) is 0 Å². The van der Waals surface area contributed by atoms with Crippen molar-refractivity contribution in [3.8, 4) is 5.75 Å². The third kappa shape index (κ3) is 12.4. The van der Waals surface area contributed by atoms with E-state index in [9.17, 15) is 43.7 Å². The molecule has 2 fully saturated rings. The third-order valence-corrected chi connectivity index (χ3v) is 7.19. The molecule has 0 bridgehead atoms. The molecule has 0 aromatic heterocycles. The molecule has 3 rings (SSSR count). The number of carbonyl (C=O) groups is 7. The van der Waals surface area contributed by atoms with Crippen molar-refractivity contribution < 1.29 is 90.6 Å². The highest BCUT2D eigenvalue weighted by atomic mass is 16.8. The van der Waals surface area contributed by atoms with Gasteiger partial charge in [0.25, 0.3) is 5.69 Å². The maximum absolute atomic E-state index is 12.5. The number of benzene rings is 1. The molecule has 0 radical (unpaired) electrons. The second-order valence-electron chi connectivity index (χ2n) is 11.5. The van der Waals surface area contributed by atoms with Gasteiger partial charge >= 0.3 is 41.8 Å². The number of nitro groups is 1. The van der Waals surface area contributed by atoms with E-state index in [1.165, 1.54) is 12.1 Å². The Morgan fingerprint density at radius 1 is 0.547 bits per heavy atom. The Morgan fingerprint density at radius 2 is 0.925 bits per heavy atom. The molecule has 2 aliphatic heterocycles. The fourth-order valence-corrected chi connectivity index (χ4v) is 5.35. The van der Waals surface area contributed by atoms with Gasteiger partial charge in [-0.05, 0) is 12.1 Å². The Hall–Kier alpha value is -5.41. The Morgan fingerprint density at radius 3 is 1.36 bits per heavy atom. The van der Waals surface area contributed by atoms with Gasteiger partial charge < -0.3 is 52.1 Å². The van der Waals surface area contributed by atoms with Crippen molar-refractivity contribution >= 4 is 47.5 Å². The average molecular weight is 758 g/mol. The van der Waals surface area contributed by atoms with Crippen LogP contribution < -0.4 is 4.74 Å². The summed E-state index contributed by atoms with van der Waals surface area (Å²) in [5, 5.41) is 11.2. The lowest BCUT2D eigenvalue weighted by Crippen LogP contribution is -2.67. The van der Waals surface area contributed by atoms with Crippen LogP contribution in [0, 0.1) is 10.1 Å². The van der Waals surface area contributed by atoms with Crippen LogP contribution in [0.2, 0.25) is 0 Å². The van der Waals surface area contributed by atoms with Gasteiger partial charge in [0.1, 0.15) is 37.3 Å². The second kappa shape index (κ2) is 18.9. The van der Waals surface area contributed by atoms with Crippen LogP contribution in [0.4, 0.5) is 5.69 Å². The van der Waals surface area contributed by atoms with Crippen LogP contribution in [0.3, 0.4) is 0 Å². The highest BCUT2D eigenvalue weighted by molar-refractivity contribution is 5.69. The van der Waals surface area contributed by atoms with Crippen LogP contribution in [-0.2, 0) is 80.9 Å². The molecule has 2 saturated heterocycles. The van der Waals surface area contributed by atoms with Crippen molar-refractivity contribution in [2.75, 3.05) is 13.2 Å². The lowest BCUT2D eigenvalue weighted by atomic mass is 9.96. The van der Waals surface area contributed by atoms with Crippen LogP contribution in [-0.4, -0.2) is 121 Å². The molecule has 1 aromatic carbocycles. The van der Waals surface area contributed by atoms with Crippen LogP contribution >= 0.6 is 0 Å². The highest BCUT2D eigenvalue weighted by Gasteiger charge is 2.58. The zero-order valence-electron chi connectivity index (χ0n) is 29.6. The van der Waals surface area contributed by atoms with E-state index in [0.717, 1.165) is 60.6 Å². The lowest BCUT2D eigenvalue weighted by molar-refractivity contribution is -0.384. The van der Waals surface area contributed by atoms with Gasteiger partial charge in [-0.1, -0.05) is 0 Å². The molecule has 0 amide bonds. The maximum atomic E-state index is 12.5. The summed E-state index contributed by atoms with van der Waals surface area (Å²) in [4.78, 5) is 96.0. The Labute approximate surface area is 301 Å². The molecule has 0 aliphatic carbocycles. The first-order valence-electron chi connectivity index (χ1n) is 15.9. The van der Waals surface area contributed by atoms with Gasteiger partial charge in [0.2, 0.25) is 12.4 Å². The summed E-state index contributed by atoms with van der Waals surface area (Å²) < 4.78 is 61.9. The van der Waals surface area contributed by atoms with Crippen LogP contribution in [0.25, 0.3) is 0 Å². The molecule has 6 unspecified atom stereocenters. The van der Waals surface area contributed by atoms with Crippen LogP contribution in [0.5, 0.6) is 5.75 Å². The summed E-state index contributed by atoms with van der Waals surface area (Å²) in [7, 11) is 0. The average Bonchev–Trinajstić information content (AvgIpc) is 3.03. The molecular formula is C32H39NO20. The molecule has 2 heterocycles. The Balaban J connectivity index is 2.16. The number of rotatable bonds is 14. The number of nitrogens with zero attached hydrogens (tertiary/aromatic N) is 1. The van der Waals surface area contributed by atoms with Crippen molar-refractivity contribution in [1.82, 2.24) is 0 Å². The van der Waals surface area contributed by atoms with Crippen LogP contribution in [0.1, 0.15) is 48.5 Å². The molecule has 0 N–H and O–H groups in total. The smallest absolute Gasteiger partial charge is 0.303 e. The molecule has 53 heavy (non-hydrogen) atoms. The monoisotopic (exact) mass is 757 g/mol. The molecule has 1 aromatic rings. The summed E-state index contributed by atoms with van der Waals surface area (Å²) in [6, 6.07) is 4.67. The van der Waals surface area contributed by atoms with E-state index in [1.807, 2.05) is 0 Å². The molecular weight excluding hydrogens is 718 g/mol. The van der Waals surface area contributed by atoms with Crippen molar-refractivity contribution in [3.05, 3.63) is 34.4 Å². The molecule has 21 heteroatoms. The van der Waals surface area contributed by atoms with Gasteiger partial charge in [-0.15, -0.1) is 0 Å². The fourth-order valence-electron chi connectivity index (χ4n) is 5.35. The van der Waals surface area contributed by atoms with E-state index >= 15 is 0 Å². The summed E-state index contributed by atoms with van der Waals surface area (Å²) in [5.74, 6) is -6.22. The number of nitro benzene ring substituents is 1. The van der Waals surface area contributed by atoms with Crippen molar-refractivity contribution in [1.29, 1.82) is 0 Å². The Bertz CT molecular complexity index is 1530. The zero-order valence-corrected chi connectivity index (χ0v) is 29.6. The summed E-state index contributed by atoms with van der Waals surface area (Å²) >= 11 is 0. The Kier molecular flexibility index (Phi) is 15.0. The van der Waals surface area contributed by atoms with Crippen molar-refractivity contribution in [2.24, 2.45) is 0 Å². The standard InChI is InChI=1S/C32H39NO20/c1-14(34)43-12-23-25(45-16(3)36)27(46-17(4)37)30(49-20(7)40)32(52-23)53-26-24(13-44-15(2)35)51-31(29(48-19(6)39)28(26)47-18(5)38)50-22-10-8-21(9-11-22)33(41)42/h8-11,23-32H,12-13H2,1-7H3/t23?,24?,25-,26-,27?,28?,29?,30?,31-,32+/m1/s1. The second-order valence-corrected chi connectivity index (χ2v) is 11.5. The number of ether oxygens (including phenoxy) is 11. The van der Waals surface area contributed by atoms with E-state index < -0.39 is 121 Å².